The van der Waals surface area contributed by atoms with E-state index in [-0.39, 0.29) is 0 Å². The maximum Gasteiger partial charge on any atom is 0.189 e. The topological polar surface area (TPSA) is 54.5 Å². The van der Waals surface area contributed by atoms with E-state index < -0.39 is 0 Å². The predicted molar refractivity (Wildman–Crippen MR) is 107 cm³/mol. The summed E-state index contributed by atoms with van der Waals surface area (Å²) in [6, 6.07) is 13.7. The lowest BCUT2D eigenvalue weighted by Crippen LogP contribution is -2.39. The molecule has 0 radical (unpaired) electrons. The molecule has 0 heterocycles. The quantitative estimate of drug-likeness (QED) is 0.539. The second-order valence-corrected chi connectivity index (χ2v) is 5.75. The lowest BCUT2D eigenvalue weighted by molar-refractivity contribution is 0.355. The molecule has 0 aromatic heterocycles. The zero-order chi connectivity index (χ0) is 18.2. The standard InChI is InChI=1S/C19H23N3O2S/c1-5-16(14-9-10-17(23-3)18(12-14)24-4)21-22-19(25)20-15-8-6-7-13(2)11-15/h5-12,21H,1-4H3,(H2,20,22,25)/b16-5+. The number of hydrogen-bond acceptors (Lipinski definition) is 4. The number of hydrazine groups is 1. The first-order chi connectivity index (χ1) is 12.1. The normalized spacial score (nSPS) is 10.8. The third-order valence-electron chi connectivity index (χ3n) is 3.57. The molecule has 0 unspecified atom stereocenters. The van der Waals surface area contributed by atoms with Crippen molar-refractivity contribution in [2.75, 3.05) is 19.5 Å². The summed E-state index contributed by atoms with van der Waals surface area (Å²) in [7, 11) is 3.23. The number of methoxy groups -OCH3 is 2. The van der Waals surface area contributed by atoms with E-state index in [0.29, 0.717) is 16.6 Å². The molecule has 0 saturated heterocycles. The van der Waals surface area contributed by atoms with Gasteiger partial charge in [-0.3, -0.25) is 10.9 Å². The van der Waals surface area contributed by atoms with Crippen molar-refractivity contribution >= 4 is 28.7 Å². The first kappa shape index (κ1) is 18.6. The molecule has 0 aliphatic rings. The highest BCUT2D eigenvalue weighted by Crippen LogP contribution is 2.29. The maximum atomic E-state index is 5.35. The SMILES string of the molecule is C/C=C(/NNC(=S)Nc1cccc(C)c1)c1ccc(OC)c(OC)c1. The summed E-state index contributed by atoms with van der Waals surface area (Å²) in [5.74, 6) is 1.35. The average Bonchev–Trinajstić information content (AvgIpc) is 2.62. The van der Waals surface area contributed by atoms with E-state index in [1.165, 1.54) is 5.56 Å². The number of rotatable bonds is 6. The van der Waals surface area contributed by atoms with Crippen molar-refractivity contribution in [1.29, 1.82) is 0 Å². The van der Waals surface area contributed by atoms with Crippen molar-refractivity contribution in [2.45, 2.75) is 13.8 Å². The van der Waals surface area contributed by atoms with Gasteiger partial charge in [-0.15, -0.1) is 0 Å². The smallest absolute Gasteiger partial charge is 0.189 e. The summed E-state index contributed by atoms with van der Waals surface area (Å²) in [6.07, 6.45) is 1.95. The molecule has 6 heteroatoms. The van der Waals surface area contributed by atoms with Gasteiger partial charge in [-0.05, 0) is 62.0 Å². The van der Waals surface area contributed by atoms with Gasteiger partial charge in [-0.25, -0.2) is 0 Å². The van der Waals surface area contributed by atoms with Crippen LogP contribution in [-0.2, 0) is 0 Å². The van der Waals surface area contributed by atoms with Crippen molar-refractivity contribution in [3.8, 4) is 11.5 Å². The number of thiocarbonyl (C=S) groups is 1. The van der Waals surface area contributed by atoms with E-state index in [2.05, 4.69) is 16.2 Å². The molecule has 0 saturated carbocycles. The monoisotopic (exact) mass is 357 g/mol. The molecular weight excluding hydrogens is 334 g/mol. The molecule has 0 atom stereocenters. The molecule has 132 valence electrons. The van der Waals surface area contributed by atoms with Crippen LogP contribution in [0.4, 0.5) is 5.69 Å². The van der Waals surface area contributed by atoms with Crippen molar-refractivity contribution in [1.82, 2.24) is 10.9 Å². The second kappa shape index (κ2) is 8.94. The Morgan fingerprint density at radius 3 is 2.40 bits per heavy atom. The Bertz CT molecular complexity index is 775. The molecule has 3 N–H and O–H groups in total. The lowest BCUT2D eigenvalue weighted by atomic mass is 10.1. The van der Waals surface area contributed by atoms with E-state index >= 15 is 0 Å². The Hall–Kier alpha value is -2.73. The minimum absolute atomic E-state index is 0.477. The fraction of sp³-hybridized carbons (Fsp3) is 0.211. The molecule has 0 aliphatic heterocycles. The van der Waals surface area contributed by atoms with Crippen LogP contribution in [0.15, 0.2) is 48.5 Å². The zero-order valence-electron chi connectivity index (χ0n) is 14.8. The molecule has 5 nitrogen and oxygen atoms in total. The second-order valence-electron chi connectivity index (χ2n) is 5.35. The largest absolute Gasteiger partial charge is 0.493 e. The molecule has 2 aromatic rings. The summed E-state index contributed by atoms with van der Waals surface area (Å²) >= 11 is 5.33. The van der Waals surface area contributed by atoms with Gasteiger partial charge < -0.3 is 14.8 Å². The van der Waals surface area contributed by atoms with E-state index in [0.717, 1.165) is 16.9 Å². The van der Waals surface area contributed by atoms with Crippen molar-refractivity contribution in [3.63, 3.8) is 0 Å². The van der Waals surface area contributed by atoms with E-state index in [1.54, 1.807) is 14.2 Å². The third-order valence-corrected chi connectivity index (χ3v) is 3.77. The van der Waals surface area contributed by atoms with Gasteiger partial charge in [0.1, 0.15) is 0 Å². The van der Waals surface area contributed by atoms with Crippen LogP contribution in [0.25, 0.3) is 5.70 Å². The van der Waals surface area contributed by atoms with Gasteiger partial charge in [0.05, 0.1) is 19.9 Å². The molecule has 0 amide bonds. The highest BCUT2D eigenvalue weighted by molar-refractivity contribution is 7.80. The number of aryl methyl sites for hydroxylation is 1. The van der Waals surface area contributed by atoms with Crippen LogP contribution in [0.3, 0.4) is 0 Å². The van der Waals surface area contributed by atoms with Crippen LogP contribution < -0.4 is 25.6 Å². The third kappa shape index (κ3) is 5.12. The number of allylic oxidation sites excluding steroid dienone is 1. The van der Waals surface area contributed by atoms with Gasteiger partial charge >= 0.3 is 0 Å². The molecule has 25 heavy (non-hydrogen) atoms. The highest BCUT2D eigenvalue weighted by Gasteiger charge is 2.08. The predicted octanol–water partition coefficient (Wildman–Crippen LogP) is 3.86. The number of hydrogen-bond donors (Lipinski definition) is 3. The van der Waals surface area contributed by atoms with Gasteiger partial charge in [0.15, 0.2) is 16.6 Å². The molecule has 0 aliphatic carbocycles. The molecule has 0 spiro atoms. The maximum absolute atomic E-state index is 5.35. The van der Waals surface area contributed by atoms with E-state index in [9.17, 15) is 0 Å². The van der Waals surface area contributed by atoms with Crippen molar-refractivity contribution in [3.05, 3.63) is 59.7 Å². The van der Waals surface area contributed by atoms with Crippen LogP contribution in [-0.4, -0.2) is 19.3 Å². The van der Waals surface area contributed by atoms with Crippen LogP contribution in [0.1, 0.15) is 18.1 Å². The summed E-state index contributed by atoms with van der Waals surface area (Å²) in [5, 5.41) is 3.62. The minimum atomic E-state index is 0.477. The number of benzene rings is 2. The number of nitrogens with one attached hydrogen (secondary N) is 3. The van der Waals surface area contributed by atoms with Crippen LogP contribution in [0, 0.1) is 6.92 Å². The molecule has 2 rings (SSSR count). The molecular formula is C19H23N3O2S. The Morgan fingerprint density at radius 2 is 1.76 bits per heavy atom. The lowest BCUT2D eigenvalue weighted by Gasteiger charge is -2.16. The fourth-order valence-corrected chi connectivity index (χ4v) is 2.49. The Labute approximate surface area is 154 Å². The van der Waals surface area contributed by atoms with Crippen LogP contribution in [0.5, 0.6) is 11.5 Å². The summed E-state index contributed by atoms with van der Waals surface area (Å²) < 4.78 is 10.6. The minimum Gasteiger partial charge on any atom is -0.493 e. The Kier molecular flexibility index (Phi) is 6.65. The van der Waals surface area contributed by atoms with Crippen LogP contribution in [0.2, 0.25) is 0 Å². The summed E-state index contributed by atoms with van der Waals surface area (Å²) in [6.45, 7) is 3.98. The van der Waals surface area contributed by atoms with Gasteiger partial charge in [0.2, 0.25) is 0 Å². The summed E-state index contributed by atoms with van der Waals surface area (Å²) in [5.41, 5.74) is 10.0. The van der Waals surface area contributed by atoms with Gasteiger partial charge in [-0.2, -0.15) is 0 Å². The van der Waals surface area contributed by atoms with Gasteiger partial charge in [0, 0.05) is 11.3 Å². The first-order valence-electron chi connectivity index (χ1n) is 7.85. The Balaban J connectivity index is 2.01. The first-order valence-corrected chi connectivity index (χ1v) is 8.26. The average molecular weight is 357 g/mol. The van der Waals surface area contributed by atoms with Crippen molar-refractivity contribution in [2.24, 2.45) is 0 Å². The highest BCUT2D eigenvalue weighted by atomic mass is 32.1. The van der Waals surface area contributed by atoms with Gasteiger partial charge in [0.25, 0.3) is 0 Å². The fourth-order valence-electron chi connectivity index (χ4n) is 2.32. The van der Waals surface area contributed by atoms with E-state index in [1.807, 2.05) is 62.4 Å². The number of ether oxygens (including phenoxy) is 2. The van der Waals surface area contributed by atoms with Gasteiger partial charge in [-0.1, -0.05) is 18.2 Å². The zero-order valence-corrected chi connectivity index (χ0v) is 15.7. The van der Waals surface area contributed by atoms with E-state index in [4.69, 9.17) is 21.7 Å². The van der Waals surface area contributed by atoms with Crippen LogP contribution >= 0.6 is 12.2 Å². The number of anilines is 1. The van der Waals surface area contributed by atoms with Crippen molar-refractivity contribution < 1.29 is 9.47 Å². The molecule has 0 fully saturated rings. The molecule has 2 aromatic carbocycles. The molecule has 0 bridgehead atoms. The summed E-state index contributed by atoms with van der Waals surface area (Å²) in [4.78, 5) is 0. The Morgan fingerprint density at radius 1 is 1.00 bits per heavy atom.